The number of halogens is 1. The van der Waals surface area contributed by atoms with Crippen LogP contribution in [0.2, 0.25) is 0 Å². The number of phenols is 1. The predicted octanol–water partition coefficient (Wildman–Crippen LogP) is 4.55. The molecule has 0 amide bonds. The van der Waals surface area contributed by atoms with Crippen molar-refractivity contribution >= 4 is 5.69 Å². The maximum absolute atomic E-state index is 13.4. The molecule has 0 bridgehead atoms. The second-order valence-corrected chi connectivity index (χ2v) is 8.12. The van der Waals surface area contributed by atoms with Crippen molar-refractivity contribution in [1.82, 2.24) is 14.8 Å². The molecule has 1 atom stereocenters. The molecule has 32 heavy (non-hydrogen) atoms. The molecule has 0 saturated carbocycles. The fraction of sp³-hybridized carbons (Fsp3) is 0.160. The third kappa shape index (κ3) is 3.51. The van der Waals surface area contributed by atoms with E-state index in [1.54, 1.807) is 16.8 Å². The number of nitrogens with zero attached hydrogens (tertiary/aromatic N) is 3. The van der Waals surface area contributed by atoms with Gasteiger partial charge in [-0.05, 0) is 73.9 Å². The zero-order valence-electron chi connectivity index (χ0n) is 17.4. The maximum atomic E-state index is 13.4. The number of fused-ring (bicyclic) bond motifs is 3. The van der Waals surface area contributed by atoms with Crippen molar-refractivity contribution in [1.29, 1.82) is 0 Å². The molecule has 2 N–H and O–H groups in total. The Morgan fingerprint density at radius 1 is 1.03 bits per heavy atom. The van der Waals surface area contributed by atoms with E-state index in [1.807, 2.05) is 43.3 Å². The number of aromatic hydroxyl groups is 1. The Labute approximate surface area is 184 Å². The molecule has 0 radical (unpaired) electrons. The minimum absolute atomic E-state index is 0.172. The number of phenolic OH excluding ortho intramolecular Hbond substituents is 1. The highest BCUT2D eigenvalue weighted by atomic mass is 19.1. The zero-order chi connectivity index (χ0) is 22.3. The number of hydrogen-bond donors (Lipinski definition) is 2. The number of anilines is 1. The van der Waals surface area contributed by atoms with Gasteiger partial charge in [0.05, 0.1) is 0 Å². The average molecular weight is 428 g/mol. The Morgan fingerprint density at radius 2 is 1.75 bits per heavy atom. The second kappa shape index (κ2) is 7.60. The molecular weight excluding hydrogens is 407 g/mol. The zero-order valence-corrected chi connectivity index (χ0v) is 17.4. The van der Waals surface area contributed by atoms with Gasteiger partial charge in [-0.25, -0.2) is 9.07 Å². The smallest absolute Gasteiger partial charge is 0.300 e. The number of benzene rings is 3. The van der Waals surface area contributed by atoms with Gasteiger partial charge in [0, 0.05) is 16.8 Å². The Balaban J connectivity index is 1.62. The van der Waals surface area contributed by atoms with Crippen molar-refractivity contribution in [2.45, 2.75) is 25.4 Å². The highest BCUT2D eigenvalue weighted by molar-refractivity contribution is 5.76. The summed E-state index contributed by atoms with van der Waals surface area (Å²) in [4.78, 5) is 17.3. The molecule has 7 heteroatoms. The van der Waals surface area contributed by atoms with Gasteiger partial charge in [-0.15, -0.1) is 0 Å². The molecule has 4 aromatic rings. The van der Waals surface area contributed by atoms with E-state index < -0.39 is 11.2 Å². The fourth-order valence-corrected chi connectivity index (χ4v) is 4.04. The first-order valence-electron chi connectivity index (χ1n) is 10.4. The number of aromatic nitrogens is 3. The quantitative estimate of drug-likeness (QED) is 0.499. The predicted molar refractivity (Wildman–Crippen MR) is 121 cm³/mol. The third-order valence-electron chi connectivity index (χ3n) is 5.80. The minimum Gasteiger partial charge on any atom is -0.508 e. The van der Waals surface area contributed by atoms with E-state index in [1.165, 1.54) is 24.3 Å². The van der Waals surface area contributed by atoms with Crippen molar-refractivity contribution < 1.29 is 9.50 Å². The van der Waals surface area contributed by atoms with E-state index in [4.69, 9.17) is 5.10 Å². The SMILES string of the molecule is C[C@]1(CCc2ccc(O)cc2)Nc2ccccc2-c2nc(=O)c(-c3ccc(F)cc3)nn21. The van der Waals surface area contributed by atoms with Gasteiger partial charge in [0.15, 0.2) is 11.5 Å². The Bertz CT molecular complexity index is 1350. The van der Waals surface area contributed by atoms with Gasteiger partial charge in [0.1, 0.15) is 17.2 Å². The number of nitrogens with one attached hydrogen (secondary N) is 1. The summed E-state index contributed by atoms with van der Waals surface area (Å²) in [6.07, 6.45) is 1.37. The highest BCUT2D eigenvalue weighted by Crippen LogP contribution is 2.38. The van der Waals surface area contributed by atoms with Gasteiger partial charge in [-0.2, -0.15) is 10.1 Å². The van der Waals surface area contributed by atoms with Crippen LogP contribution in [0.5, 0.6) is 5.75 Å². The molecule has 0 saturated heterocycles. The standard InChI is InChI=1S/C25H21FN4O2/c1-25(15-14-16-6-12-19(31)13-7-16)28-21-5-3-2-4-20(21)23-27-24(32)22(29-30(23)25)17-8-10-18(26)11-9-17/h2-13,28,31H,14-15H2,1H3/t25-/m0/s1. The lowest BCUT2D eigenvalue weighted by Gasteiger charge is -2.39. The van der Waals surface area contributed by atoms with Gasteiger partial charge >= 0.3 is 0 Å². The number of hydrogen-bond acceptors (Lipinski definition) is 5. The van der Waals surface area contributed by atoms with Gasteiger partial charge in [-0.3, -0.25) is 4.79 Å². The molecule has 0 aliphatic carbocycles. The monoisotopic (exact) mass is 428 g/mol. The second-order valence-electron chi connectivity index (χ2n) is 8.12. The average Bonchev–Trinajstić information content (AvgIpc) is 2.79. The largest absolute Gasteiger partial charge is 0.508 e. The van der Waals surface area contributed by atoms with E-state index in [0.29, 0.717) is 24.2 Å². The molecule has 6 nitrogen and oxygen atoms in total. The van der Waals surface area contributed by atoms with E-state index in [0.717, 1.165) is 16.8 Å². The third-order valence-corrected chi connectivity index (χ3v) is 5.80. The lowest BCUT2D eigenvalue weighted by molar-refractivity contribution is 0.300. The van der Waals surface area contributed by atoms with E-state index >= 15 is 0 Å². The summed E-state index contributed by atoms with van der Waals surface area (Å²) in [5, 5.41) is 17.8. The molecule has 0 spiro atoms. The summed E-state index contributed by atoms with van der Waals surface area (Å²) < 4.78 is 15.2. The van der Waals surface area contributed by atoms with E-state index in [9.17, 15) is 14.3 Å². The van der Waals surface area contributed by atoms with Crippen LogP contribution in [0.1, 0.15) is 18.9 Å². The van der Waals surface area contributed by atoms with Crippen LogP contribution < -0.4 is 10.9 Å². The minimum atomic E-state index is -0.670. The topological polar surface area (TPSA) is 80.0 Å². The Morgan fingerprint density at radius 3 is 2.50 bits per heavy atom. The molecule has 3 aromatic carbocycles. The lowest BCUT2D eigenvalue weighted by atomic mass is 9.97. The molecule has 1 aliphatic heterocycles. The van der Waals surface area contributed by atoms with Gasteiger partial charge in [0.25, 0.3) is 5.56 Å². The van der Waals surface area contributed by atoms with Crippen molar-refractivity contribution in [2.75, 3.05) is 5.32 Å². The van der Waals surface area contributed by atoms with Crippen molar-refractivity contribution in [3.63, 3.8) is 0 Å². The number of aryl methyl sites for hydroxylation is 1. The first kappa shape index (κ1) is 19.9. The highest BCUT2D eigenvalue weighted by Gasteiger charge is 2.36. The number of rotatable bonds is 4. The van der Waals surface area contributed by atoms with Crippen LogP contribution in [0.25, 0.3) is 22.6 Å². The van der Waals surface area contributed by atoms with Gasteiger partial charge in [-0.1, -0.05) is 24.3 Å². The maximum Gasteiger partial charge on any atom is 0.300 e. The van der Waals surface area contributed by atoms with E-state index in [-0.39, 0.29) is 17.3 Å². The summed E-state index contributed by atoms with van der Waals surface area (Å²) in [5.74, 6) is 0.333. The normalized spacial score (nSPS) is 16.7. The first-order chi connectivity index (χ1) is 15.4. The van der Waals surface area contributed by atoms with Crippen molar-refractivity contribution in [3.05, 3.63) is 94.5 Å². The molecule has 5 rings (SSSR count). The first-order valence-corrected chi connectivity index (χ1v) is 10.4. The summed E-state index contributed by atoms with van der Waals surface area (Å²) in [5.41, 5.74) is 2.30. The molecule has 160 valence electrons. The lowest BCUT2D eigenvalue weighted by Crippen LogP contribution is -2.45. The van der Waals surface area contributed by atoms with Crippen LogP contribution in [-0.2, 0) is 12.1 Å². The van der Waals surface area contributed by atoms with Crippen LogP contribution in [0.15, 0.2) is 77.6 Å². The Hall–Kier alpha value is -4.00. The van der Waals surface area contributed by atoms with Crippen LogP contribution in [0.4, 0.5) is 10.1 Å². The van der Waals surface area contributed by atoms with Crippen molar-refractivity contribution in [3.8, 4) is 28.4 Å². The van der Waals surface area contributed by atoms with Crippen LogP contribution in [-0.4, -0.2) is 19.9 Å². The van der Waals surface area contributed by atoms with E-state index in [2.05, 4.69) is 10.3 Å². The molecule has 0 fully saturated rings. The summed E-state index contributed by atoms with van der Waals surface area (Å²) in [7, 11) is 0. The van der Waals surface area contributed by atoms with Crippen molar-refractivity contribution in [2.24, 2.45) is 0 Å². The van der Waals surface area contributed by atoms with Crippen LogP contribution in [0.3, 0.4) is 0 Å². The molecule has 2 heterocycles. The number of para-hydroxylation sites is 1. The summed E-state index contributed by atoms with van der Waals surface area (Å²) in [6.45, 7) is 2.01. The Kier molecular flexibility index (Phi) is 4.74. The summed E-state index contributed by atoms with van der Waals surface area (Å²) in [6, 6.07) is 20.5. The van der Waals surface area contributed by atoms with Crippen LogP contribution >= 0.6 is 0 Å². The van der Waals surface area contributed by atoms with Crippen LogP contribution in [0, 0.1) is 5.82 Å². The van der Waals surface area contributed by atoms with Gasteiger partial charge < -0.3 is 10.4 Å². The summed E-state index contributed by atoms with van der Waals surface area (Å²) >= 11 is 0. The molecule has 1 aliphatic rings. The molecule has 0 unspecified atom stereocenters. The fourth-order valence-electron chi connectivity index (χ4n) is 4.04. The molecular formula is C25H21FN4O2. The molecule has 1 aromatic heterocycles. The van der Waals surface area contributed by atoms with Gasteiger partial charge in [0.2, 0.25) is 0 Å².